The summed E-state index contributed by atoms with van der Waals surface area (Å²) in [5, 5.41) is 2.11. The molecule has 0 spiro atoms. The zero-order valence-corrected chi connectivity index (χ0v) is 20.4. The Kier molecular flexibility index (Phi) is 5.40. The first kappa shape index (κ1) is 20.6. The van der Waals surface area contributed by atoms with Gasteiger partial charge in [-0.15, -0.1) is 23.1 Å². The SMILES string of the molecule is Cc1ccc(S[C@@H]2CSc3nc(=O)c4c5c(sc4n3[C@H]2c2ccccc2)CCCC5)cc1. The molecule has 3 nitrogen and oxygen atoms in total. The minimum Gasteiger partial charge on any atom is -0.303 e. The molecule has 6 rings (SSSR count). The Morgan fingerprint density at radius 3 is 2.62 bits per heavy atom. The number of thioether (sulfide) groups is 2. The van der Waals surface area contributed by atoms with E-state index in [0.29, 0.717) is 5.25 Å². The van der Waals surface area contributed by atoms with Gasteiger partial charge in [0.05, 0.1) is 11.4 Å². The molecule has 0 saturated carbocycles. The van der Waals surface area contributed by atoms with Gasteiger partial charge in [0.1, 0.15) is 4.83 Å². The average molecular weight is 477 g/mol. The third-order valence-electron chi connectivity index (χ3n) is 6.45. The Hall–Kier alpha value is -2.02. The number of hydrogen-bond donors (Lipinski definition) is 0. The molecule has 32 heavy (non-hydrogen) atoms. The van der Waals surface area contributed by atoms with Gasteiger partial charge in [-0.3, -0.25) is 4.79 Å². The van der Waals surface area contributed by atoms with Crippen molar-refractivity contribution in [2.45, 2.75) is 54.0 Å². The molecule has 3 heterocycles. The molecule has 0 unspecified atom stereocenters. The van der Waals surface area contributed by atoms with Crippen LogP contribution >= 0.6 is 34.9 Å². The predicted molar refractivity (Wildman–Crippen MR) is 137 cm³/mol. The summed E-state index contributed by atoms with van der Waals surface area (Å²) >= 11 is 5.51. The van der Waals surface area contributed by atoms with E-state index in [4.69, 9.17) is 0 Å². The predicted octanol–water partition coefficient (Wildman–Crippen LogP) is 6.50. The molecule has 2 aliphatic rings. The summed E-state index contributed by atoms with van der Waals surface area (Å²) in [6, 6.07) is 19.8. The van der Waals surface area contributed by atoms with Gasteiger partial charge in [-0.2, -0.15) is 4.98 Å². The second-order valence-electron chi connectivity index (χ2n) is 8.60. The van der Waals surface area contributed by atoms with Crippen molar-refractivity contribution >= 4 is 45.1 Å². The molecule has 2 aromatic heterocycles. The number of rotatable bonds is 3. The summed E-state index contributed by atoms with van der Waals surface area (Å²) in [4.78, 5) is 21.5. The van der Waals surface area contributed by atoms with Crippen molar-refractivity contribution < 1.29 is 0 Å². The van der Waals surface area contributed by atoms with Gasteiger partial charge in [0.15, 0.2) is 5.16 Å². The molecule has 2 atom stereocenters. The van der Waals surface area contributed by atoms with Gasteiger partial charge in [0.25, 0.3) is 5.56 Å². The van der Waals surface area contributed by atoms with Crippen molar-refractivity contribution in [1.29, 1.82) is 0 Å². The average Bonchev–Trinajstić information content (AvgIpc) is 3.22. The summed E-state index contributed by atoms with van der Waals surface area (Å²) in [7, 11) is 0. The van der Waals surface area contributed by atoms with Crippen LogP contribution in [-0.4, -0.2) is 20.6 Å². The lowest BCUT2D eigenvalue weighted by atomic mass is 9.97. The smallest absolute Gasteiger partial charge is 0.282 e. The molecule has 162 valence electrons. The molecule has 0 saturated heterocycles. The molecular weight excluding hydrogens is 453 g/mol. The van der Waals surface area contributed by atoms with Crippen molar-refractivity contribution in [2.24, 2.45) is 0 Å². The van der Waals surface area contributed by atoms with Crippen LogP contribution in [0.15, 0.2) is 69.4 Å². The van der Waals surface area contributed by atoms with E-state index < -0.39 is 0 Å². The summed E-state index contributed by atoms with van der Waals surface area (Å²) in [5.41, 5.74) is 3.81. The van der Waals surface area contributed by atoms with Crippen LogP contribution in [0.5, 0.6) is 0 Å². The molecule has 2 aromatic carbocycles. The topological polar surface area (TPSA) is 34.9 Å². The molecule has 0 radical (unpaired) electrons. The molecule has 0 bridgehead atoms. The summed E-state index contributed by atoms with van der Waals surface area (Å²) in [5.74, 6) is 0.932. The van der Waals surface area contributed by atoms with Gasteiger partial charge < -0.3 is 4.57 Å². The van der Waals surface area contributed by atoms with Crippen molar-refractivity contribution in [3.05, 3.63) is 86.5 Å². The summed E-state index contributed by atoms with van der Waals surface area (Å²) in [6.45, 7) is 2.13. The van der Waals surface area contributed by atoms with Crippen molar-refractivity contribution in [3.8, 4) is 0 Å². The molecule has 1 aliphatic heterocycles. The number of nitrogens with zero attached hydrogens (tertiary/aromatic N) is 2. The van der Waals surface area contributed by atoms with E-state index >= 15 is 0 Å². The number of thiophene rings is 1. The fourth-order valence-electron chi connectivity index (χ4n) is 4.89. The van der Waals surface area contributed by atoms with Gasteiger partial charge in [0.2, 0.25) is 0 Å². The first-order valence-electron chi connectivity index (χ1n) is 11.2. The molecule has 0 fully saturated rings. The van der Waals surface area contributed by atoms with Crippen molar-refractivity contribution in [2.75, 3.05) is 5.75 Å². The highest BCUT2D eigenvalue weighted by Gasteiger charge is 2.35. The van der Waals surface area contributed by atoms with Gasteiger partial charge in [0, 0.05) is 20.8 Å². The number of fused-ring (bicyclic) bond motifs is 5. The van der Waals surface area contributed by atoms with Crippen LogP contribution in [-0.2, 0) is 12.8 Å². The van der Waals surface area contributed by atoms with Crippen molar-refractivity contribution in [3.63, 3.8) is 0 Å². The summed E-state index contributed by atoms with van der Waals surface area (Å²) in [6.07, 6.45) is 4.49. The maximum atomic E-state index is 13.1. The minimum atomic E-state index is -0.0328. The second kappa shape index (κ2) is 8.40. The lowest BCUT2D eigenvalue weighted by molar-refractivity contribution is 0.526. The fraction of sp³-hybridized carbons (Fsp3) is 0.308. The van der Waals surface area contributed by atoms with Gasteiger partial charge >= 0.3 is 0 Å². The number of aromatic nitrogens is 2. The van der Waals surface area contributed by atoms with E-state index in [9.17, 15) is 4.79 Å². The third-order valence-corrected chi connectivity index (χ3v) is 10.3. The fourth-order valence-corrected chi connectivity index (χ4v) is 8.88. The monoisotopic (exact) mass is 476 g/mol. The van der Waals surface area contributed by atoms with Crippen LogP contribution in [0.3, 0.4) is 0 Å². The Morgan fingerprint density at radius 1 is 1.03 bits per heavy atom. The molecule has 4 aromatic rings. The first-order valence-corrected chi connectivity index (χ1v) is 13.8. The van der Waals surface area contributed by atoms with Crippen LogP contribution in [0.2, 0.25) is 0 Å². The van der Waals surface area contributed by atoms with E-state index in [-0.39, 0.29) is 11.6 Å². The Bertz CT molecular complexity index is 1340. The Morgan fingerprint density at radius 2 is 1.81 bits per heavy atom. The van der Waals surface area contributed by atoms with Crippen LogP contribution in [0.1, 0.15) is 40.5 Å². The Labute approximate surface area is 200 Å². The first-order chi connectivity index (χ1) is 15.7. The lowest BCUT2D eigenvalue weighted by Crippen LogP contribution is -2.32. The zero-order chi connectivity index (χ0) is 21.7. The standard InChI is InChI=1S/C26H24N2OS3/c1-16-11-13-18(14-12-16)31-21-15-30-26-27-24(29)22-19-9-5-6-10-20(19)32-25(22)28(26)23(21)17-7-3-2-4-8-17/h2-4,7-8,11-14,21,23H,5-6,9-10,15H2,1H3/t21-,23+/m1/s1. The zero-order valence-electron chi connectivity index (χ0n) is 17.9. The normalized spacial score (nSPS) is 20.2. The highest BCUT2D eigenvalue weighted by Crippen LogP contribution is 2.46. The highest BCUT2D eigenvalue weighted by molar-refractivity contribution is 8.03. The van der Waals surface area contributed by atoms with E-state index in [2.05, 4.69) is 71.1 Å². The highest BCUT2D eigenvalue weighted by atomic mass is 32.2. The van der Waals surface area contributed by atoms with E-state index in [0.717, 1.165) is 34.0 Å². The molecule has 0 amide bonds. The van der Waals surface area contributed by atoms with Crippen LogP contribution in [0.4, 0.5) is 0 Å². The maximum absolute atomic E-state index is 13.1. The molecular formula is C26H24N2OS3. The quantitative estimate of drug-likeness (QED) is 0.316. The molecule has 1 aliphatic carbocycles. The third kappa shape index (κ3) is 3.53. The number of benzene rings is 2. The maximum Gasteiger partial charge on any atom is 0.282 e. The van der Waals surface area contributed by atoms with Gasteiger partial charge in [-0.05, 0) is 55.9 Å². The number of aryl methyl sites for hydroxylation is 3. The molecule has 0 N–H and O–H groups in total. The Balaban J connectivity index is 1.54. The summed E-state index contributed by atoms with van der Waals surface area (Å²) < 4.78 is 2.40. The van der Waals surface area contributed by atoms with Gasteiger partial charge in [-0.1, -0.05) is 59.8 Å². The minimum absolute atomic E-state index is 0.0328. The van der Waals surface area contributed by atoms with Crippen LogP contribution in [0.25, 0.3) is 10.2 Å². The molecule has 6 heteroatoms. The van der Waals surface area contributed by atoms with E-state index in [1.54, 1.807) is 11.8 Å². The largest absolute Gasteiger partial charge is 0.303 e. The number of hydrogen-bond acceptors (Lipinski definition) is 5. The van der Waals surface area contributed by atoms with Crippen LogP contribution < -0.4 is 5.56 Å². The van der Waals surface area contributed by atoms with E-state index in [1.807, 2.05) is 23.1 Å². The van der Waals surface area contributed by atoms with Crippen LogP contribution in [0, 0.1) is 6.92 Å². The van der Waals surface area contributed by atoms with E-state index in [1.165, 1.54) is 39.3 Å². The second-order valence-corrected chi connectivity index (χ2v) is 12.0. The lowest BCUT2D eigenvalue weighted by Gasteiger charge is -2.35. The van der Waals surface area contributed by atoms with Crippen molar-refractivity contribution in [1.82, 2.24) is 9.55 Å². The van der Waals surface area contributed by atoms with Gasteiger partial charge in [-0.25, -0.2) is 0 Å².